The molecular formula is C18H18N8O. The van der Waals surface area contributed by atoms with Crippen LogP contribution in [-0.4, -0.2) is 42.0 Å². The highest BCUT2D eigenvalue weighted by molar-refractivity contribution is 5.59. The number of hydrogen-bond donors (Lipinski definition) is 2. The molecule has 1 aromatic carbocycles. The summed E-state index contributed by atoms with van der Waals surface area (Å²) in [4.78, 5) is 13.0. The Kier molecular flexibility index (Phi) is 4.48. The van der Waals surface area contributed by atoms with Gasteiger partial charge in [0.2, 0.25) is 5.95 Å². The lowest BCUT2D eigenvalue weighted by Crippen LogP contribution is -2.11. The van der Waals surface area contributed by atoms with Gasteiger partial charge in [-0.15, -0.1) is 0 Å². The molecule has 4 aromatic rings. The summed E-state index contributed by atoms with van der Waals surface area (Å²) >= 11 is 0. The van der Waals surface area contributed by atoms with E-state index in [4.69, 9.17) is 4.74 Å². The number of aromatic amines is 1. The van der Waals surface area contributed by atoms with E-state index < -0.39 is 0 Å². The fraction of sp³-hybridized carbons (Fsp3) is 0.167. The van der Waals surface area contributed by atoms with Crippen molar-refractivity contribution in [2.45, 2.75) is 13.0 Å². The maximum absolute atomic E-state index is 5.19. The van der Waals surface area contributed by atoms with Crippen molar-refractivity contribution in [1.29, 1.82) is 0 Å². The third-order valence-electron chi connectivity index (χ3n) is 4.06. The highest BCUT2D eigenvalue weighted by atomic mass is 16.5. The van der Waals surface area contributed by atoms with E-state index in [2.05, 4.69) is 35.6 Å². The van der Waals surface area contributed by atoms with Crippen molar-refractivity contribution in [3.63, 3.8) is 0 Å². The first-order chi connectivity index (χ1) is 13.2. The second-order valence-corrected chi connectivity index (χ2v) is 5.87. The molecule has 136 valence electrons. The Labute approximate surface area is 155 Å². The molecule has 9 heteroatoms. The van der Waals surface area contributed by atoms with E-state index >= 15 is 0 Å². The summed E-state index contributed by atoms with van der Waals surface area (Å²) in [6.45, 7) is 1.96. The Balaban J connectivity index is 1.54. The van der Waals surface area contributed by atoms with Gasteiger partial charge in [-0.05, 0) is 37.3 Å². The van der Waals surface area contributed by atoms with E-state index in [1.165, 1.54) is 6.33 Å². The van der Waals surface area contributed by atoms with E-state index in [-0.39, 0.29) is 6.04 Å². The van der Waals surface area contributed by atoms with Crippen LogP contribution in [0.15, 0.2) is 55.2 Å². The molecule has 0 fully saturated rings. The molecule has 0 saturated carbocycles. The van der Waals surface area contributed by atoms with E-state index in [9.17, 15) is 0 Å². The number of aromatic nitrogens is 7. The smallest absolute Gasteiger partial charge is 0.223 e. The summed E-state index contributed by atoms with van der Waals surface area (Å²) in [5, 5.41) is 14.3. The van der Waals surface area contributed by atoms with E-state index in [0.717, 1.165) is 28.5 Å². The maximum Gasteiger partial charge on any atom is 0.223 e. The molecule has 0 aliphatic carbocycles. The van der Waals surface area contributed by atoms with Crippen LogP contribution in [-0.2, 0) is 0 Å². The average molecular weight is 362 g/mol. The lowest BCUT2D eigenvalue weighted by Gasteiger charge is -2.11. The largest absolute Gasteiger partial charge is 0.497 e. The van der Waals surface area contributed by atoms with Gasteiger partial charge in [-0.1, -0.05) is 0 Å². The third kappa shape index (κ3) is 3.61. The highest BCUT2D eigenvalue weighted by Gasteiger charge is 2.11. The first-order valence-electron chi connectivity index (χ1n) is 8.37. The lowest BCUT2D eigenvalue weighted by atomic mass is 10.2. The minimum Gasteiger partial charge on any atom is -0.497 e. The molecule has 27 heavy (non-hydrogen) atoms. The SMILES string of the molecule is COc1ccc(-n2cc(-c3ccnc(NC(C)c4ncn[nH]4)n3)cn2)cc1. The summed E-state index contributed by atoms with van der Waals surface area (Å²) in [5.41, 5.74) is 2.61. The van der Waals surface area contributed by atoms with Crippen LogP contribution in [0.1, 0.15) is 18.8 Å². The van der Waals surface area contributed by atoms with Crippen molar-refractivity contribution in [2.24, 2.45) is 0 Å². The van der Waals surface area contributed by atoms with Crippen molar-refractivity contribution < 1.29 is 4.74 Å². The molecule has 3 heterocycles. The number of rotatable bonds is 6. The molecule has 0 aliphatic heterocycles. The zero-order chi connectivity index (χ0) is 18.6. The van der Waals surface area contributed by atoms with Gasteiger partial charge >= 0.3 is 0 Å². The van der Waals surface area contributed by atoms with Crippen LogP contribution in [0, 0.1) is 0 Å². The van der Waals surface area contributed by atoms with E-state index in [1.54, 1.807) is 24.2 Å². The molecule has 0 radical (unpaired) electrons. The topological polar surface area (TPSA) is 106 Å². The minimum absolute atomic E-state index is 0.0928. The maximum atomic E-state index is 5.19. The van der Waals surface area contributed by atoms with Gasteiger partial charge in [0.05, 0.1) is 30.7 Å². The van der Waals surface area contributed by atoms with Gasteiger partial charge in [-0.2, -0.15) is 10.2 Å². The molecule has 0 amide bonds. The summed E-state index contributed by atoms with van der Waals surface area (Å²) in [6, 6.07) is 9.44. The molecular weight excluding hydrogens is 344 g/mol. The van der Waals surface area contributed by atoms with Crippen molar-refractivity contribution in [3.8, 4) is 22.7 Å². The van der Waals surface area contributed by atoms with Crippen molar-refractivity contribution in [1.82, 2.24) is 34.9 Å². The van der Waals surface area contributed by atoms with Crippen LogP contribution in [0.4, 0.5) is 5.95 Å². The van der Waals surface area contributed by atoms with E-state index in [0.29, 0.717) is 5.95 Å². The Morgan fingerprint density at radius 2 is 2.00 bits per heavy atom. The fourth-order valence-electron chi connectivity index (χ4n) is 2.61. The lowest BCUT2D eigenvalue weighted by molar-refractivity contribution is 0.414. The Hall–Kier alpha value is -3.75. The number of hydrogen-bond acceptors (Lipinski definition) is 7. The third-order valence-corrected chi connectivity index (χ3v) is 4.06. The normalized spacial score (nSPS) is 11.9. The second kappa shape index (κ2) is 7.24. The number of anilines is 1. The Morgan fingerprint density at radius 3 is 2.74 bits per heavy atom. The molecule has 9 nitrogen and oxygen atoms in total. The number of methoxy groups -OCH3 is 1. The average Bonchev–Trinajstić information content (AvgIpc) is 3.40. The van der Waals surface area contributed by atoms with Gasteiger partial charge in [0.1, 0.15) is 17.9 Å². The van der Waals surface area contributed by atoms with Crippen LogP contribution >= 0.6 is 0 Å². The Morgan fingerprint density at radius 1 is 1.15 bits per heavy atom. The highest BCUT2D eigenvalue weighted by Crippen LogP contribution is 2.21. The molecule has 0 saturated heterocycles. The first-order valence-corrected chi connectivity index (χ1v) is 8.37. The predicted octanol–water partition coefficient (Wildman–Crippen LogP) is 2.63. The number of benzene rings is 1. The molecule has 1 atom stereocenters. The summed E-state index contributed by atoms with van der Waals surface area (Å²) < 4.78 is 6.98. The van der Waals surface area contributed by atoms with Crippen LogP contribution in [0.3, 0.4) is 0 Å². The van der Waals surface area contributed by atoms with Gasteiger partial charge in [0, 0.05) is 18.0 Å². The molecule has 0 spiro atoms. The molecule has 2 N–H and O–H groups in total. The van der Waals surface area contributed by atoms with Crippen LogP contribution in [0.5, 0.6) is 5.75 Å². The summed E-state index contributed by atoms with van der Waals surface area (Å²) in [5.74, 6) is 2.03. The number of nitrogens with zero attached hydrogens (tertiary/aromatic N) is 6. The number of nitrogens with one attached hydrogen (secondary N) is 2. The zero-order valence-electron chi connectivity index (χ0n) is 14.9. The second-order valence-electron chi connectivity index (χ2n) is 5.87. The monoisotopic (exact) mass is 362 g/mol. The van der Waals surface area contributed by atoms with Crippen molar-refractivity contribution >= 4 is 5.95 Å². The fourth-order valence-corrected chi connectivity index (χ4v) is 2.61. The Bertz CT molecular complexity index is 1010. The molecule has 0 aliphatic rings. The van der Waals surface area contributed by atoms with Crippen LogP contribution < -0.4 is 10.1 Å². The molecule has 1 unspecified atom stereocenters. The molecule has 3 aromatic heterocycles. The van der Waals surface area contributed by atoms with Crippen molar-refractivity contribution in [2.75, 3.05) is 12.4 Å². The summed E-state index contributed by atoms with van der Waals surface area (Å²) in [7, 11) is 1.64. The van der Waals surface area contributed by atoms with Crippen LogP contribution in [0.2, 0.25) is 0 Å². The predicted molar refractivity (Wildman–Crippen MR) is 99.6 cm³/mol. The standard InChI is InChI=1S/C18H18N8O/c1-12(17-20-11-21-25-17)23-18-19-8-7-16(24-18)13-9-22-26(10-13)14-3-5-15(27-2)6-4-14/h3-12H,1-2H3,(H,19,23,24)(H,20,21,25). The summed E-state index contributed by atoms with van der Waals surface area (Å²) in [6.07, 6.45) is 6.88. The zero-order valence-corrected chi connectivity index (χ0v) is 14.9. The van der Waals surface area contributed by atoms with Gasteiger partial charge in [0.25, 0.3) is 0 Å². The number of H-pyrrole nitrogens is 1. The van der Waals surface area contributed by atoms with Crippen molar-refractivity contribution in [3.05, 3.63) is 61.1 Å². The molecule has 0 bridgehead atoms. The molecule has 4 rings (SSSR count). The van der Waals surface area contributed by atoms with E-state index in [1.807, 2.05) is 43.5 Å². The van der Waals surface area contributed by atoms with Crippen LogP contribution in [0.25, 0.3) is 16.9 Å². The number of ether oxygens (including phenoxy) is 1. The van der Waals surface area contributed by atoms with Gasteiger partial charge in [0.15, 0.2) is 0 Å². The van der Waals surface area contributed by atoms with Gasteiger partial charge in [-0.25, -0.2) is 19.6 Å². The first kappa shape index (κ1) is 16.7. The van der Waals surface area contributed by atoms with Gasteiger partial charge < -0.3 is 10.1 Å². The minimum atomic E-state index is -0.0928. The van der Waals surface area contributed by atoms with Gasteiger partial charge in [-0.3, -0.25) is 5.10 Å². The quantitative estimate of drug-likeness (QED) is 0.543.